The zero-order chi connectivity index (χ0) is 13.1. The van der Waals surface area contributed by atoms with Crippen LogP contribution < -0.4 is 0 Å². The number of hydrogen-bond donors (Lipinski definition) is 0. The van der Waals surface area contributed by atoms with Crippen LogP contribution in [0.5, 0.6) is 0 Å². The topological polar surface area (TPSA) is 26.3 Å². The summed E-state index contributed by atoms with van der Waals surface area (Å²) in [6.07, 6.45) is 7.94. The Bertz CT molecular complexity index is 198. The first-order chi connectivity index (χ1) is 8.10. The average Bonchev–Trinajstić information content (AvgIpc) is 2.32. The van der Waals surface area contributed by atoms with Gasteiger partial charge in [-0.1, -0.05) is 32.6 Å². The third kappa shape index (κ3) is 10.9. The van der Waals surface area contributed by atoms with Gasteiger partial charge in [-0.25, -0.2) is 0 Å². The fourth-order valence-corrected chi connectivity index (χ4v) is 2.20. The van der Waals surface area contributed by atoms with Gasteiger partial charge in [-0.15, -0.1) is 23.2 Å². The maximum Gasteiger partial charge on any atom is 0.307 e. The highest BCUT2D eigenvalue weighted by Crippen LogP contribution is 2.19. The number of carbonyl (C=O) groups excluding carboxylic acids is 1. The van der Waals surface area contributed by atoms with Crippen LogP contribution in [-0.2, 0) is 9.53 Å². The minimum Gasteiger partial charge on any atom is -0.469 e. The highest BCUT2D eigenvalue weighted by atomic mass is 35.5. The van der Waals surface area contributed by atoms with Gasteiger partial charge in [0.1, 0.15) is 0 Å². The second-order valence-electron chi connectivity index (χ2n) is 4.40. The van der Waals surface area contributed by atoms with Crippen molar-refractivity contribution in [2.45, 2.75) is 69.0 Å². The van der Waals surface area contributed by atoms with Gasteiger partial charge in [0, 0.05) is 10.8 Å². The molecule has 0 bridgehead atoms. The molecule has 0 amide bonds. The molecule has 0 saturated carbocycles. The van der Waals surface area contributed by atoms with E-state index in [2.05, 4.69) is 11.7 Å². The first kappa shape index (κ1) is 17.1. The van der Waals surface area contributed by atoms with Crippen molar-refractivity contribution in [1.82, 2.24) is 0 Å². The van der Waals surface area contributed by atoms with E-state index in [4.69, 9.17) is 23.2 Å². The molecule has 0 aliphatic rings. The van der Waals surface area contributed by atoms with Crippen molar-refractivity contribution >= 4 is 29.2 Å². The molecular weight excluding hydrogens is 259 g/mol. The van der Waals surface area contributed by atoms with Gasteiger partial charge in [-0.3, -0.25) is 4.79 Å². The maximum absolute atomic E-state index is 11.0. The number of carbonyl (C=O) groups is 1. The smallest absolute Gasteiger partial charge is 0.307 e. The number of hydrogen-bond acceptors (Lipinski definition) is 2. The second kappa shape index (κ2) is 11.2. The van der Waals surface area contributed by atoms with E-state index in [1.54, 1.807) is 0 Å². The Balaban J connectivity index is 3.48. The lowest BCUT2D eigenvalue weighted by Crippen LogP contribution is -2.11. The SMILES string of the molecule is CCCCCCC(Cl)CCC(Cl)CC(=O)OC. The number of rotatable bonds is 10. The summed E-state index contributed by atoms with van der Waals surface area (Å²) < 4.78 is 4.56. The van der Waals surface area contributed by atoms with E-state index in [9.17, 15) is 4.79 Å². The highest BCUT2D eigenvalue weighted by Gasteiger charge is 2.13. The Morgan fingerprint density at radius 1 is 1.06 bits per heavy atom. The molecule has 2 atom stereocenters. The second-order valence-corrected chi connectivity index (χ2v) is 5.64. The van der Waals surface area contributed by atoms with Crippen LogP contribution in [0.15, 0.2) is 0 Å². The first-order valence-electron chi connectivity index (χ1n) is 6.45. The van der Waals surface area contributed by atoms with Crippen LogP contribution in [0, 0.1) is 0 Å². The quantitative estimate of drug-likeness (QED) is 0.335. The zero-order valence-electron chi connectivity index (χ0n) is 10.9. The van der Waals surface area contributed by atoms with Gasteiger partial charge in [-0.05, 0) is 19.3 Å². The fourth-order valence-electron chi connectivity index (χ4n) is 1.66. The summed E-state index contributed by atoms with van der Waals surface area (Å²) in [5, 5.41) is 0.0325. The summed E-state index contributed by atoms with van der Waals surface area (Å²) in [6.45, 7) is 2.20. The summed E-state index contributed by atoms with van der Waals surface area (Å²) in [5.41, 5.74) is 0. The third-order valence-corrected chi connectivity index (χ3v) is 3.59. The number of unbranched alkanes of at least 4 members (excludes halogenated alkanes) is 3. The van der Waals surface area contributed by atoms with Gasteiger partial charge in [0.2, 0.25) is 0 Å². The van der Waals surface area contributed by atoms with Gasteiger partial charge < -0.3 is 4.74 Å². The molecule has 0 aromatic rings. The van der Waals surface area contributed by atoms with Crippen molar-refractivity contribution in [2.24, 2.45) is 0 Å². The zero-order valence-corrected chi connectivity index (χ0v) is 12.4. The van der Waals surface area contributed by atoms with Crippen LogP contribution in [0.1, 0.15) is 58.3 Å². The van der Waals surface area contributed by atoms with Crippen LogP contribution in [-0.4, -0.2) is 23.8 Å². The molecule has 0 aromatic carbocycles. The molecule has 0 N–H and O–H groups in total. The fraction of sp³-hybridized carbons (Fsp3) is 0.923. The Hall–Kier alpha value is 0.0500. The van der Waals surface area contributed by atoms with Crippen molar-refractivity contribution in [2.75, 3.05) is 7.11 Å². The Kier molecular flexibility index (Phi) is 11.2. The Labute approximate surface area is 115 Å². The molecule has 2 nitrogen and oxygen atoms in total. The minimum atomic E-state index is -0.251. The Morgan fingerprint density at radius 3 is 2.29 bits per heavy atom. The van der Waals surface area contributed by atoms with E-state index in [-0.39, 0.29) is 23.1 Å². The number of alkyl halides is 2. The average molecular weight is 283 g/mol. The van der Waals surface area contributed by atoms with Crippen LogP contribution in [0.4, 0.5) is 0 Å². The molecule has 2 unspecified atom stereocenters. The largest absolute Gasteiger partial charge is 0.469 e. The molecule has 4 heteroatoms. The summed E-state index contributed by atoms with van der Waals surface area (Å²) >= 11 is 12.2. The van der Waals surface area contributed by atoms with Crippen molar-refractivity contribution in [3.8, 4) is 0 Å². The lowest BCUT2D eigenvalue weighted by Gasteiger charge is -2.12. The number of ether oxygens (including phenoxy) is 1. The van der Waals surface area contributed by atoms with Gasteiger partial charge in [0.25, 0.3) is 0 Å². The molecule has 0 aliphatic heterocycles. The lowest BCUT2D eigenvalue weighted by atomic mass is 10.1. The molecule has 0 fully saturated rings. The molecule has 0 saturated heterocycles. The van der Waals surface area contributed by atoms with Crippen molar-refractivity contribution in [3.63, 3.8) is 0 Å². The molecule has 0 spiro atoms. The van der Waals surface area contributed by atoms with Crippen molar-refractivity contribution < 1.29 is 9.53 Å². The highest BCUT2D eigenvalue weighted by molar-refractivity contribution is 6.22. The normalized spacial score (nSPS) is 14.4. The standard InChI is InChI=1S/C13H24Cl2O2/c1-3-4-5-6-7-11(14)8-9-12(15)10-13(16)17-2/h11-12H,3-10H2,1-2H3. The van der Waals surface area contributed by atoms with Gasteiger partial charge in [0.05, 0.1) is 13.5 Å². The van der Waals surface area contributed by atoms with E-state index in [0.717, 1.165) is 19.3 Å². The molecule has 0 heterocycles. The number of halogens is 2. The first-order valence-corrected chi connectivity index (χ1v) is 7.32. The van der Waals surface area contributed by atoms with Crippen LogP contribution >= 0.6 is 23.2 Å². The van der Waals surface area contributed by atoms with Crippen LogP contribution in [0.25, 0.3) is 0 Å². The molecule has 0 radical (unpaired) electrons. The summed E-state index contributed by atoms with van der Waals surface area (Å²) in [5.74, 6) is -0.251. The summed E-state index contributed by atoms with van der Waals surface area (Å²) in [6, 6.07) is 0. The van der Waals surface area contributed by atoms with Crippen LogP contribution in [0.2, 0.25) is 0 Å². The molecular formula is C13H24Cl2O2. The predicted molar refractivity (Wildman–Crippen MR) is 73.9 cm³/mol. The monoisotopic (exact) mass is 282 g/mol. The number of methoxy groups -OCH3 is 1. The maximum atomic E-state index is 11.0. The molecule has 102 valence electrons. The van der Waals surface area contributed by atoms with E-state index in [1.165, 1.54) is 32.8 Å². The van der Waals surface area contributed by atoms with Crippen LogP contribution in [0.3, 0.4) is 0 Å². The Morgan fingerprint density at radius 2 is 1.71 bits per heavy atom. The van der Waals surface area contributed by atoms with Gasteiger partial charge in [-0.2, -0.15) is 0 Å². The molecule has 0 rings (SSSR count). The van der Waals surface area contributed by atoms with Crippen molar-refractivity contribution in [1.29, 1.82) is 0 Å². The minimum absolute atomic E-state index is 0.153. The predicted octanol–water partition coefficient (Wildman–Crippen LogP) is 4.51. The third-order valence-electron chi connectivity index (χ3n) is 2.78. The summed E-state index contributed by atoms with van der Waals surface area (Å²) in [4.78, 5) is 11.0. The number of esters is 1. The lowest BCUT2D eigenvalue weighted by molar-refractivity contribution is -0.140. The van der Waals surface area contributed by atoms with Crippen molar-refractivity contribution in [3.05, 3.63) is 0 Å². The van der Waals surface area contributed by atoms with E-state index in [0.29, 0.717) is 0 Å². The molecule has 0 aliphatic carbocycles. The van der Waals surface area contributed by atoms with E-state index in [1.807, 2.05) is 0 Å². The van der Waals surface area contributed by atoms with Gasteiger partial charge in [0.15, 0.2) is 0 Å². The van der Waals surface area contributed by atoms with E-state index >= 15 is 0 Å². The van der Waals surface area contributed by atoms with Gasteiger partial charge >= 0.3 is 5.97 Å². The van der Waals surface area contributed by atoms with E-state index < -0.39 is 0 Å². The molecule has 17 heavy (non-hydrogen) atoms. The summed E-state index contributed by atoms with van der Waals surface area (Å²) in [7, 11) is 1.38. The molecule has 0 aromatic heterocycles.